The highest BCUT2D eigenvalue weighted by Crippen LogP contribution is 2.22. The predicted molar refractivity (Wildman–Crippen MR) is 75.3 cm³/mol. The van der Waals surface area contributed by atoms with E-state index >= 15 is 0 Å². The van der Waals surface area contributed by atoms with Gasteiger partial charge in [-0.3, -0.25) is 4.90 Å². The number of rotatable bonds is 4. The Morgan fingerprint density at radius 1 is 1.35 bits per heavy atom. The molecule has 0 bridgehead atoms. The van der Waals surface area contributed by atoms with Crippen LogP contribution in [-0.4, -0.2) is 39.3 Å². The van der Waals surface area contributed by atoms with Crippen molar-refractivity contribution in [3.63, 3.8) is 0 Å². The van der Waals surface area contributed by atoms with Gasteiger partial charge >= 0.3 is 0 Å². The monoisotopic (exact) mass is 293 g/mol. The van der Waals surface area contributed by atoms with Crippen LogP contribution in [0.4, 0.5) is 0 Å². The molecule has 0 radical (unpaired) electrons. The van der Waals surface area contributed by atoms with Gasteiger partial charge in [0.2, 0.25) is 0 Å². The molecule has 1 saturated heterocycles. The van der Waals surface area contributed by atoms with E-state index in [2.05, 4.69) is 15.0 Å². The highest BCUT2D eigenvalue weighted by molar-refractivity contribution is 6.30. The number of hydrogen-bond acceptors (Lipinski definition) is 5. The van der Waals surface area contributed by atoms with Crippen LogP contribution in [0.3, 0.4) is 0 Å². The molecule has 0 aliphatic carbocycles. The Labute approximate surface area is 122 Å². The van der Waals surface area contributed by atoms with Crippen LogP contribution < -0.4 is 0 Å². The van der Waals surface area contributed by atoms with Gasteiger partial charge in [-0.25, -0.2) is 0 Å². The van der Waals surface area contributed by atoms with Gasteiger partial charge in [0.15, 0.2) is 5.82 Å². The van der Waals surface area contributed by atoms with Crippen LogP contribution in [0, 0.1) is 0 Å². The first kappa shape index (κ1) is 13.5. The van der Waals surface area contributed by atoms with Gasteiger partial charge in [-0.15, -0.1) is 0 Å². The molecule has 0 unspecified atom stereocenters. The summed E-state index contributed by atoms with van der Waals surface area (Å²) >= 11 is 5.85. The molecule has 0 amide bonds. The minimum Gasteiger partial charge on any atom is -0.395 e. The van der Waals surface area contributed by atoms with Gasteiger partial charge in [0.05, 0.1) is 13.2 Å². The smallest absolute Gasteiger partial charge is 0.257 e. The van der Waals surface area contributed by atoms with E-state index in [0.717, 1.165) is 24.9 Å². The molecule has 1 atom stereocenters. The van der Waals surface area contributed by atoms with E-state index in [0.29, 0.717) is 23.3 Å². The van der Waals surface area contributed by atoms with Gasteiger partial charge in [0.25, 0.3) is 5.89 Å². The van der Waals surface area contributed by atoms with Gasteiger partial charge in [0.1, 0.15) is 0 Å². The summed E-state index contributed by atoms with van der Waals surface area (Å²) in [5, 5.41) is 14.0. The van der Waals surface area contributed by atoms with Crippen molar-refractivity contribution in [1.29, 1.82) is 0 Å². The first-order chi connectivity index (χ1) is 9.76. The molecule has 0 saturated carbocycles. The molecule has 20 heavy (non-hydrogen) atoms. The van der Waals surface area contributed by atoms with Crippen LogP contribution in [0.15, 0.2) is 28.8 Å². The van der Waals surface area contributed by atoms with Crippen LogP contribution in [0.25, 0.3) is 11.5 Å². The molecule has 1 N–H and O–H groups in total. The molecule has 106 valence electrons. The predicted octanol–water partition coefficient (Wildman–Crippen LogP) is 2.35. The van der Waals surface area contributed by atoms with Crippen molar-refractivity contribution in [3.8, 4) is 11.5 Å². The van der Waals surface area contributed by atoms with Crippen molar-refractivity contribution < 1.29 is 9.63 Å². The quantitative estimate of drug-likeness (QED) is 0.937. The lowest BCUT2D eigenvalue weighted by Crippen LogP contribution is -2.31. The minimum atomic E-state index is 0.182. The molecule has 1 fully saturated rings. The van der Waals surface area contributed by atoms with Crippen LogP contribution >= 0.6 is 11.6 Å². The van der Waals surface area contributed by atoms with Gasteiger partial charge in [-0.05, 0) is 43.7 Å². The topological polar surface area (TPSA) is 62.4 Å². The standard InChI is InChI=1S/C14H16ClN3O2/c15-11-5-3-10(4-6-11)14-16-13(17-20-14)8-18-7-1-2-12(18)9-19/h3-6,12,19H,1-2,7-9H2/t12-/m0/s1. The average molecular weight is 294 g/mol. The van der Waals surface area contributed by atoms with Gasteiger partial charge in [-0.2, -0.15) is 4.98 Å². The summed E-state index contributed by atoms with van der Waals surface area (Å²) < 4.78 is 5.28. The Balaban J connectivity index is 1.72. The summed E-state index contributed by atoms with van der Waals surface area (Å²) in [6.07, 6.45) is 2.13. The van der Waals surface area contributed by atoms with Gasteiger partial charge in [0, 0.05) is 16.6 Å². The SMILES string of the molecule is OC[C@@H]1CCCN1Cc1noc(-c2ccc(Cl)cc2)n1. The number of likely N-dealkylation sites (tertiary alicyclic amines) is 1. The van der Waals surface area contributed by atoms with Crippen LogP contribution in [0.2, 0.25) is 5.02 Å². The lowest BCUT2D eigenvalue weighted by atomic mass is 10.2. The van der Waals surface area contributed by atoms with Crippen LogP contribution in [0.5, 0.6) is 0 Å². The van der Waals surface area contributed by atoms with E-state index in [9.17, 15) is 5.11 Å². The lowest BCUT2D eigenvalue weighted by molar-refractivity contribution is 0.150. The number of benzene rings is 1. The maximum absolute atomic E-state index is 9.31. The normalized spacial score (nSPS) is 19.6. The Morgan fingerprint density at radius 2 is 2.15 bits per heavy atom. The molecule has 2 heterocycles. The molecule has 1 aliphatic rings. The number of hydrogen-bond donors (Lipinski definition) is 1. The first-order valence-electron chi connectivity index (χ1n) is 6.69. The lowest BCUT2D eigenvalue weighted by Gasteiger charge is -2.20. The highest BCUT2D eigenvalue weighted by atomic mass is 35.5. The van der Waals surface area contributed by atoms with Crippen molar-refractivity contribution in [1.82, 2.24) is 15.0 Å². The summed E-state index contributed by atoms with van der Waals surface area (Å²) in [7, 11) is 0. The number of nitrogens with zero attached hydrogens (tertiary/aromatic N) is 3. The van der Waals surface area contributed by atoms with Crippen molar-refractivity contribution in [2.45, 2.75) is 25.4 Å². The Kier molecular flexibility index (Phi) is 4.00. The zero-order chi connectivity index (χ0) is 13.9. The van der Waals surface area contributed by atoms with E-state index in [4.69, 9.17) is 16.1 Å². The van der Waals surface area contributed by atoms with E-state index < -0.39 is 0 Å². The third kappa shape index (κ3) is 2.85. The number of aromatic nitrogens is 2. The maximum Gasteiger partial charge on any atom is 0.257 e. The second-order valence-corrected chi connectivity index (χ2v) is 5.41. The Hall–Kier alpha value is -1.43. The maximum atomic E-state index is 9.31. The fourth-order valence-electron chi connectivity index (χ4n) is 2.52. The summed E-state index contributed by atoms with van der Waals surface area (Å²) in [6.45, 7) is 1.76. The van der Waals surface area contributed by atoms with E-state index in [1.165, 1.54) is 0 Å². The third-order valence-corrected chi connectivity index (χ3v) is 3.87. The second-order valence-electron chi connectivity index (χ2n) is 4.97. The summed E-state index contributed by atoms with van der Waals surface area (Å²) in [5.74, 6) is 1.15. The summed E-state index contributed by atoms with van der Waals surface area (Å²) in [5.41, 5.74) is 0.855. The van der Waals surface area contributed by atoms with Crippen molar-refractivity contribution in [2.75, 3.05) is 13.2 Å². The van der Waals surface area contributed by atoms with Crippen LogP contribution in [-0.2, 0) is 6.54 Å². The molecule has 1 aromatic carbocycles. The van der Waals surface area contributed by atoms with E-state index in [1.54, 1.807) is 12.1 Å². The highest BCUT2D eigenvalue weighted by Gasteiger charge is 2.25. The van der Waals surface area contributed by atoms with Gasteiger partial charge in [-0.1, -0.05) is 16.8 Å². The molecule has 0 spiro atoms. The van der Waals surface area contributed by atoms with Gasteiger partial charge < -0.3 is 9.63 Å². The van der Waals surface area contributed by atoms with Crippen molar-refractivity contribution in [2.24, 2.45) is 0 Å². The fourth-order valence-corrected chi connectivity index (χ4v) is 2.65. The zero-order valence-corrected chi connectivity index (χ0v) is 11.8. The molecule has 1 aliphatic heterocycles. The molecule has 2 aromatic rings. The molecule has 5 nitrogen and oxygen atoms in total. The van der Waals surface area contributed by atoms with E-state index in [-0.39, 0.29) is 12.6 Å². The second kappa shape index (κ2) is 5.91. The molecular formula is C14H16ClN3O2. The third-order valence-electron chi connectivity index (χ3n) is 3.61. The van der Waals surface area contributed by atoms with Crippen LogP contribution in [0.1, 0.15) is 18.7 Å². The van der Waals surface area contributed by atoms with E-state index in [1.807, 2.05) is 12.1 Å². The van der Waals surface area contributed by atoms with Crippen molar-refractivity contribution >= 4 is 11.6 Å². The molecule has 3 rings (SSSR count). The minimum absolute atomic E-state index is 0.182. The number of aliphatic hydroxyl groups excluding tert-OH is 1. The zero-order valence-electron chi connectivity index (χ0n) is 11.0. The number of aliphatic hydroxyl groups is 1. The molecule has 6 heteroatoms. The Bertz CT molecular complexity index is 570. The molecular weight excluding hydrogens is 278 g/mol. The summed E-state index contributed by atoms with van der Waals surface area (Å²) in [6, 6.07) is 7.51. The summed E-state index contributed by atoms with van der Waals surface area (Å²) in [4.78, 5) is 6.59. The average Bonchev–Trinajstić information content (AvgIpc) is 3.09. The molecule has 1 aromatic heterocycles. The van der Waals surface area contributed by atoms with Crippen molar-refractivity contribution in [3.05, 3.63) is 35.1 Å². The number of halogens is 1. The first-order valence-corrected chi connectivity index (χ1v) is 7.07. The fraction of sp³-hybridized carbons (Fsp3) is 0.429. The Morgan fingerprint density at radius 3 is 2.90 bits per heavy atom. The largest absolute Gasteiger partial charge is 0.395 e.